The van der Waals surface area contributed by atoms with Gasteiger partial charge in [-0.15, -0.1) is 0 Å². The van der Waals surface area contributed by atoms with Gasteiger partial charge in [-0.2, -0.15) is 0 Å². The number of ether oxygens (including phenoxy) is 2. The number of rotatable bonds is 12. The second kappa shape index (κ2) is 12.0. The van der Waals surface area contributed by atoms with Gasteiger partial charge >= 0.3 is 0 Å². The van der Waals surface area contributed by atoms with Crippen LogP contribution in [0, 0.1) is 0 Å². The van der Waals surface area contributed by atoms with Crippen LogP contribution in [0.1, 0.15) is 44.6 Å². The molecular formula is C17H28BrNO2. The zero-order valence-electron chi connectivity index (χ0n) is 13.3. The van der Waals surface area contributed by atoms with Crippen LogP contribution in [0.25, 0.3) is 0 Å². The first-order chi connectivity index (χ1) is 10.3. The van der Waals surface area contributed by atoms with Crippen LogP contribution in [-0.4, -0.2) is 26.9 Å². The number of benzene rings is 1. The summed E-state index contributed by atoms with van der Waals surface area (Å²) in [5, 5.41) is 3.36. The molecule has 0 aromatic heterocycles. The van der Waals surface area contributed by atoms with Crippen LogP contribution in [0.3, 0.4) is 0 Å². The lowest BCUT2D eigenvalue weighted by atomic mass is 10.1. The first kappa shape index (κ1) is 18.5. The van der Waals surface area contributed by atoms with Crippen LogP contribution in [-0.2, 0) is 11.3 Å². The van der Waals surface area contributed by atoms with E-state index in [1.54, 1.807) is 7.11 Å². The average Bonchev–Trinajstić information content (AvgIpc) is 2.49. The Labute approximate surface area is 137 Å². The topological polar surface area (TPSA) is 30.5 Å². The number of hydrogen-bond donors (Lipinski definition) is 1. The van der Waals surface area contributed by atoms with Gasteiger partial charge in [-0.1, -0.05) is 44.7 Å². The number of hydrogen-bond acceptors (Lipinski definition) is 3. The molecule has 0 heterocycles. The van der Waals surface area contributed by atoms with E-state index < -0.39 is 0 Å². The van der Waals surface area contributed by atoms with E-state index in [2.05, 4.69) is 34.2 Å². The average molecular weight is 358 g/mol. The van der Waals surface area contributed by atoms with Crippen molar-refractivity contribution in [2.24, 2.45) is 0 Å². The Hall–Kier alpha value is -0.580. The van der Waals surface area contributed by atoms with Gasteiger partial charge in [0, 0.05) is 25.8 Å². The van der Waals surface area contributed by atoms with Crippen molar-refractivity contribution in [2.45, 2.75) is 45.6 Å². The molecule has 0 atom stereocenters. The molecule has 1 rings (SSSR count). The van der Waals surface area contributed by atoms with E-state index in [0.717, 1.165) is 42.9 Å². The Balaban J connectivity index is 2.39. The van der Waals surface area contributed by atoms with Crippen molar-refractivity contribution in [1.82, 2.24) is 5.32 Å². The van der Waals surface area contributed by atoms with Gasteiger partial charge in [-0.3, -0.25) is 0 Å². The molecule has 4 heteroatoms. The van der Waals surface area contributed by atoms with E-state index in [4.69, 9.17) is 9.47 Å². The van der Waals surface area contributed by atoms with E-state index in [1.165, 1.54) is 31.2 Å². The van der Waals surface area contributed by atoms with Gasteiger partial charge in [-0.05, 0) is 28.4 Å². The zero-order chi connectivity index (χ0) is 15.3. The van der Waals surface area contributed by atoms with Crippen molar-refractivity contribution in [3.8, 4) is 5.75 Å². The fraction of sp³-hybridized carbons (Fsp3) is 0.647. The summed E-state index contributed by atoms with van der Waals surface area (Å²) in [6.07, 6.45) is 6.28. The van der Waals surface area contributed by atoms with E-state index in [9.17, 15) is 0 Å². The van der Waals surface area contributed by atoms with Crippen LogP contribution in [0.4, 0.5) is 0 Å². The SMILES string of the molecule is CCCCCCCOc1c(Br)cccc1CNCCOC. The van der Waals surface area contributed by atoms with Gasteiger partial charge in [0.2, 0.25) is 0 Å². The minimum absolute atomic E-state index is 0.724. The third-order valence-corrected chi connectivity index (χ3v) is 3.97. The van der Waals surface area contributed by atoms with Crippen LogP contribution < -0.4 is 10.1 Å². The van der Waals surface area contributed by atoms with Gasteiger partial charge in [0.15, 0.2) is 0 Å². The van der Waals surface area contributed by atoms with Crippen LogP contribution in [0.5, 0.6) is 5.75 Å². The molecule has 1 aromatic rings. The predicted molar refractivity (Wildman–Crippen MR) is 92.0 cm³/mol. The number of halogens is 1. The highest BCUT2D eigenvalue weighted by atomic mass is 79.9. The van der Waals surface area contributed by atoms with E-state index in [1.807, 2.05) is 12.1 Å². The molecule has 0 bridgehead atoms. The van der Waals surface area contributed by atoms with Crippen LogP contribution in [0.2, 0.25) is 0 Å². The number of nitrogens with one attached hydrogen (secondary N) is 1. The Morgan fingerprint density at radius 1 is 1.10 bits per heavy atom. The molecule has 0 aliphatic heterocycles. The Kier molecular flexibility index (Phi) is 10.6. The molecule has 0 radical (unpaired) electrons. The predicted octanol–water partition coefficient (Wildman–Crippen LogP) is 4.53. The minimum atomic E-state index is 0.724. The summed E-state index contributed by atoms with van der Waals surface area (Å²) in [6, 6.07) is 6.19. The summed E-state index contributed by atoms with van der Waals surface area (Å²) < 4.78 is 12.1. The molecule has 1 N–H and O–H groups in total. The second-order valence-electron chi connectivity index (χ2n) is 5.16. The van der Waals surface area contributed by atoms with Crippen molar-refractivity contribution in [3.05, 3.63) is 28.2 Å². The van der Waals surface area contributed by atoms with Crippen LogP contribution in [0.15, 0.2) is 22.7 Å². The van der Waals surface area contributed by atoms with Crippen molar-refractivity contribution in [1.29, 1.82) is 0 Å². The second-order valence-corrected chi connectivity index (χ2v) is 6.01. The summed E-state index contributed by atoms with van der Waals surface area (Å²) in [5.41, 5.74) is 1.19. The summed E-state index contributed by atoms with van der Waals surface area (Å²) in [6.45, 7) is 5.40. The standard InChI is InChI=1S/C17H28BrNO2/c1-3-4-5-6-7-12-21-17-15(9-8-10-16(17)18)14-19-11-13-20-2/h8-10,19H,3-7,11-14H2,1-2H3. The molecule has 0 spiro atoms. The Morgan fingerprint density at radius 2 is 1.90 bits per heavy atom. The highest BCUT2D eigenvalue weighted by molar-refractivity contribution is 9.10. The number of para-hydroxylation sites is 1. The summed E-state index contributed by atoms with van der Waals surface area (Å²) in [4.78, 5) is 0. The lowest BCUT2D eigenvalue weighted by Gasteiger charge is -2.14. The fourth-order valence-corrected chi connectivity index (χ4v) is 2.65. The lowest BCUT2D eigenvalue weighted by molar-refractivity contribution is 0.199. The molecule has 0 aliphatic rings. The Morgan fingerprint density at radius 3 is 2.67 bits per heavy atom. The van der Waals surface area contributed by atoms with Gasteiger partial charge in [0.25, 0.3) is 0 Å². The molecule has 0 unspecified atom stereocenters. The van der Waals surface area contributed by atoms with E-state index in [-0.39, 0.29) is 0 Å². The summed E-state index contributed by atoms with van der Waals surface area (Å²) >= 11 is 3.59. The van der Waals surface area contributed by atoms with Crippen molar-refractivity contribution >= 4 is 15.9 Å². The molecule has 1 aromatic carbocycles. The van der Waals surface area contributed by atoms with Crippen molar-refractivity contribution in [3.63, 3.8) is 0 Å². The zero-order valence-corrected chi connectivity index (χ0v) is 14.9. The first-order valence-corrected chi connectivity index (χ1v) is 8.68. The van der Waals surface area contributed by atoms with Crippen molar-refractivity contribution < 1.29 is 9.47 Å². The van der Waals surface area contributed by atoms with Gasteiger partial charge in [-0.25, -0.2) is 0 Å². The fourth-order valence-electron chi connectivity index (χ4n) is 2.13. The quantitative estimate of drug-likeness (QED) is 0.557. The molecule has 0 saturated heterocycles. The molecular weight excluding hydrogens is 330 g/mol. The normalized spacial score (nSPS) is 10.8. The molecule has 21 heavy (non-hydrogen) atoms. The lowest BCUT2D eigenvalue weighted by Crippen LogP contribution is -2.19. The maximum Gasteiger partial charge on any atom is 0.137 e. The number of unbranched alkanes of at least 4 members (excludes halogenated alkanes) is 4. The summed E-state index contributed by atoms with van der Waals surface area (Å²) in [5.74, 6) is 0.970. The number of methoxy groups -OCH3 is 1. The molecule has 0 aliphatic carbocycles. The van der Waals surface area contributed by atoms with Crippen LogP contribution >= 0.6 is 15.9 Å². The first-order valence-electron chi connectivity index (χ1n) is 7.89. The monoisotopic (exact) mass is 357 g/mol. The maximum atomic E-state index is 5.99. The highest BCUT2D eigenvalue weighted by Crippen LogP contribution is 2.29. The molecule has 0 saturated carbocycles. The minimum Gasteiger partial charge on any atom is -0.492 e. The van der Waals surface area contributed by atoms with Gasteiger partial charge in [0.05, 0.1) is 17.7 Å². The van der Waals surface area contributed by atoms with E-state index in [0.29, 0.717) is 0 Å². The summed E-state index contributed by atoms with van der Waals surface area (Å²) in [7, 11) is 1.72. The largest absolute Gasteiger partial charge is 0.492 e. The molecule has 120 valence electrons. The third-order valence-electron chi connectivity index (χ3n) is 3.34. The molecule has 0 fully saturated rings. The van der Waals surface area contributed by atoms with Gasteiger partial charge < -0.3 is 14.8 Å². The highest BCUT2D eigenvalue weighted by Gasteiger charge is 2.07. The third kappa shape index (κ3) is 7.84. The van der Waals surface area contributed by atoms with Gasteiger partial charge in [0.1, 0.15) is 5.75 Å². The Bertz CT molecular complexity index is 385. The molecule has 0 amide bonds. The van der Waals surface area contributed by atoms with Crippen molar-refractivity contribution in [2.75, 3.05) is 26.9 Å². The maximum absolute atomic E-state index is 5.99. The smallest absolute Gasteiger partial charge is 0.137 e. The van der Waals surface area contributed by atoms with E-state index >= 15 is 0 Å². The molecule has 3 nitrogen and oxygen atoms in total.